The molecule has 1 saturated heterocycles. The zero-order chi connectivity index (χ0) is 21.1. The van der Waals surface area contributed by atoms with E-state index in [0.29, 0.717) is 28.1 Å². The van der Waals surface area contributed by atoms with Crippen LogP contribution in [0.5, 0.6) is 11.5 Å². The summed E-state index contributed by atoms with van der Waals surface area (Å²) in [6, 6.07) is 9.75. The van der Waals surface area contributed by atoms with Crippen molar-refractivity contribution in [2.75, 3.05) is 20.8 Å². The number of nitrogens with zero attached hydrogens (tertiary/aromatic N) is 2. The number of carbonyl (C=O) groups excluding carboxylic acids is 1. The lowest BCUT2D eigenvalue weighted by atomic mass is 10.1. The number of likely N-dealkylation sites (N-methyl/N-ethyl adjacent to an activating group) is 1. The maximum atomic E-state index is 13.0. The van der Waals surface area contributed by atoms with Gasteiger partial charge in [0.05, 0.1) is 29.3 Å². The van der Waals surface area contributed by atoms with Crippen molar-refractivity contribution >= 4 is 50.5 Å². The van der Waals surface area contributed by atoms with E-state index in [1.54, 1.807) is 25.2 Å². The first-order valence-electron chi connectivity index (χ1n) is 9.17. The predicted molar refractivity (Wildman–Crippen MR) is 123 cm³/mol. The number of methoxy groups -OCH3 is 2. The van der Waals surface area contributed by atoms with Gasteiger partial charge in [-0.3, -0.25) is 9.69 Å². The monoisotopic (exact) mass is 474 g/mol. The molecule has 0 radical (unpaired) electrons. The van der Waals surface area contributed by atoms with Gasteiger partial charge in [-0.1, -0.05) is 18.2 Å². The Bertz CT molecular complexity index is 997. The summed E-state index contributed by atoms with van der Waals surface area (Å²) in [6.45, 7) is 6.56. The van der Waals surface area contributed by atoms with E-state index in [2.05, 4.69) is 15.9 Å². The molecule has 0 spiro atoms. The molecule has 0 aliphatic carbocycles. The average molecular weight is 475 g/mol. The van der Waals surface area contributed by atoms with Crippen LogP contribution in [0.15, 0.2) is 44.7 Å². The number of hydrogen-bond donors (Lipinski definition) is 0. The molecule has 0 bridgehead atoms. The number of thioether (sulfide) groups is 1. The molecular formula is C22H23BrN2O3S. The van der Waals surface area contributed by atoms with Gasteiger partial charge in [-0.2, -0.15) is 0 Å². The van der Waals surface area contributed by atoms with Crippen LogP contribution >= 0.6 is 27.7 Å². The fourth-order valence-corrected chi connectivity index (χ4v) is 4.65. The summed E-state index contributed by atoms with van der Waals surface area (Å²) in [5.74, 6) is 1.24. The minimum atomic E-state index is -0.0588. The molecular weight excluding hydrogens is 452 g/mol. The average Bonchev–Trinajstić information content (AvgIpc) is 2.99. The number of halogens is 1. The molecule has 3 rings (SSSR count). The van der Waals surface area contributed by atoms with Gasteiger partial charge in [0, 0.05) is 18.2 Å². The third-order valence-corrected chi connectivity index (χ3v) is 6.27. The molecule has 0 saturated carbocycles. The molecule has 1 aliphatic heterocycles. The van der Waals surface area contributed by atoms with Crippen molar-refractivity contribution in [2.24, 2.45) is 4.99 Å². The molecule has 0 atom stereocenters. The summed E-state index contributed by atoms with van der Waals surface area (Å²) in [7, 11) is 3.20. The van der Waals surface area contributed by atoms with E-state index in [1.807, 2.05) is 51.1 Å². The number of ether oxygens (including phenoxy) is 2. The van der Waals surface area contributed by atoms with E-state index < -0.39 is 0 Å². The van der Waals surface area contributed by atoms with Crippen LogP contribution in [0.4, 0.5) is 5.69 Å². The molecule has 5 nitrogen and oxygen atoms in total. The number of carbonyl (C=O) groups is 1. The largest absolute Gasteiger partial charge is 0.496 e. The molecule has 1 aliphatic rings. The van der Waals surface area contributed by atoms with Crippen LogP contribution in [0.1, 0.15) is 23.6 Å². The Morgan fingerprint density at radius 3 is 2.38 bits per heavy atom. The highest BCUT2D eigenvalue weighted by Crippen LogP contribution is 2.39. The van der Waals surface area contributed by atoms with Crippen molar-refractivity contribution in [3.8, 4) is 11.5 Å². The van der Waals surface area contributed by atoms with Gasteiger partial charge in [-0.15, -0.1) is 0 Å². The summed E-state index contributed by atoms with van der Waals surface area (Å²) >= 11 is 4.88. The number of amidine groups is 1. The molecule has 152 valence electrons. The summed E-state index contributed by atoms with van der Waals surface area (Å²) in [5, 5.41) is 0.688. The van der Waals surface area contributed by atoms with Crippen LogP contribution in [0.2, 0.25) is 0 Å². The van der Waals surface area contributed by atoms with E-state index in [1.165, 1.54) is 11.8 Å². The number of aliphatic imine (C=N–C) groups is 1. The summed E-state index contributed by atoms with van der Waals surface area (Å²) in [6.07, 6.45) is 1.84. The van der Waals surface area contributed by atoms with Crippen LogP contribution in [0, 0.1) is 13.8 Å². The van der Waals surface area contributed by atoms with Gasteiger partial charge in [0.1, 0.15) is 11.5 Å². The molecule has 7 heteroatoms. The minimum Gasteiger partial charge on any atom is -0.496 e. The quantitative estimate of drug-likeness (QED) is 0.520. The second-order valence-electron chi connectivity index (χ2n) is 6.52. The van der Waals surface area contributed by atoms with Gasteiger partial charge >= 0.3 is 0 Å². The number of amides is 1. The zero-order valence-corrected chi connectivity index (χ0v) is 19.5. The number of rotatable bonds is 5. The van der Waals surface area contributed by atoms with Gasteiger partial charge in [-0.25, -0.2) is 4.99 Å². The van der Waals surface area contributed by atoms with E-state index in [0.717, 1.165) is 26.9 Å². The van der Waals surface area contributed by atoms with Gasteiger partial charge in [-0.05, 0) is 71.7 Å². The third-order valence-electron chi connectivity index (χ3n) is 4.64. The van der Waals surface area contributed by atoms with Crippen molar-refractivity contribution in [1.82, 2.24) is 4.90 Å². The van der Waals surface area contributed by atoms with Gasteiger partial charge in [0.25, 0.3) is 5.91 Å². The Morgan fingerprint density at radius 2 is 1.79 bits per heavy atom. The lowest BCUT2D eigenvalue weighted by Crippen LogP contribution is -2.28. The van der Waals surface area contributed by atoms with Crippen LogP contribution < -0.4 is 9.47 Å². The maximum absolute atomic E-state index is 13.0. The Kier molecular flexibility index (Phi) is 6.70. The van der Waals surface area contributed by atoms with E-state index in [4.69, 9.17) is 14.5 Å². The third kappa shape index (κ3) is 4.36. The molecule has 1 amide bonds. The maximum Gasteiger partial charge on any atom is 0.266 e. The molecule has 1 heterocycles. The van der Waals surface area contributed by atoms with Crippen molar-refractivity contribution in [3.05, 3.63) is 56.4 Å². The molecule has 29 heavy (non-hydrogen) atoms. The molecule has 0 unspecified atom stereocenters. The summed E-state index contributed by atoms with van der Waals surface area (Å²) in [4.78, 5) is 20.1. The highest BCUT2D eigenvalue weighted by molar-refractivity contribution is 9.10. The molecule has 2 aromatic carbocycles. The Labute approximate surface area is 183 Å². The van der Waals surface area contributed by atoms with Crippen molar-refractivity contribution in [2.45, 2.75) is 20.8 Å². The van der Waals surface area contributed by atoms with E-state index in [9.17, 15) is 4.79 Å². The molecule has 0 aromatic heterocycles. The SMILES string of the molecule is CCN1C(=O)/C(=C\c2cc(Br)c(OC)cc2OC)SC1=Nc1c(C)cccc1C. The number of hydrogen-bond acceptors (Lipinski definition) is 5. The number of aryl methyl sites for hydroxylation is 2. The topological polar surface area (TPSA) is 51.1 Å². The number of benzene rings is 2. The smallest absolute Gasteiger partial charge is 0.266 e. The molecule has 1 fully saturated rings. The lowest BCUT2D eigenvalue weighted by molar-refractivity contribution is -0.122. The highest BCUT2D eigenvalue weighted by Gasteiger charge is 2.32. The normalized spacial score (nSPS) is 16.8. The first-order valence-corrected chi connectivity index (χ1v) is 10.8. The van der Waals surface area contributed by atoms with Crippen LogP contribution in [0.3, 0.4) is 0 Å². The minimum absolute atomic E-state index is 0.0588. The standard InChI is InChI=1S/C22H23BrN2O3S/c1-6-25-21(26)19(11-15-10-16(23)18(28-5)12-17(15)27-4)29-22(25)24-20-13(2)8-7-9-14(20)3/h7-12H,6H2,1-5H3/b19-11+,24-22?. The van der Waals surface area contributed by atoms with Crippen molar-refractivity contribution in [3.63, 3.8) is 0 Å². The van der Waals surface area contributed by atoms with Gasteiger partial charge < -0.3 is 9.47 Å². The van der Waals surface area contributed by atoms with Crippen molar-refractivity contribution in [1.29, 1.82) is 0 Å². The fourth-order valence-electron chi connectivity index (χ4n) is 3.09. The Morgan fingerprint density at radius 1 is 1.14 bits per heavy atom. The molecule has 2 aromatic rings. The summed E-state index contributed by atoms with van der Waals surface area (Å²) in [5.41, 5.74) is 3.87. The highest BCUT2D eigenvalue weighted by atomic mass is 79.9. The second-order valence-corrected chi connectivity index (χ2v) is 8.39. The Hall–Kier alpha value is -2.25. The van der Waals surface area contributed by atoms with Gasteiger partial charge in [0.15, 0.2) is 5.17 Å². The van der Waals surface area contributed by atoms with E-state index >= 15 is 0 Å². The first kappa shape index (κ1) is 21.5. The summed E-state index contributed by atoms with van der Waals surface area (Å²) < 4.78 is 11.6. The van der Waals surface area contributed by atoms with E-state index in [-0.39, 0.29) is 5.91 Å². The zero-order valence-electron chi connectivity index (χ0n) is 17.1. The second kappa shape index (κ2) is 9.05. The van der Waals surface area contributed by atoms with Crippen molar-refractivity contribution < 1.29 is 14.3 Å². The Balaban J connectivity index is 2.04. The van der Waals surface area contributed by atoms with Crippen LogP contribution in [0.25, 0.3) is 6.08 Å². The van der Waals surface area contributed by atoms with Crippen LogP contribution in [-0.2, 0) is 4.79 Å². The fraction of sp³-hybridized carbons (Fsp3) is 0.273. The first-order chi connectivity index (χ1) is 13.9. The lowest BCUT2D eigenvalue weighted by Gasteiger charge is -2.13. The van der Waals surface area contributed by atoms with Crippen LogP contribution in [-0.4, -0.2) is 36.7 Å². The van der Waals surface area contributed by atoms with Gasteiger partial charge in [0.2, 0.25) is 0 Å². The predicted octanol–water partition coefficient (Wildman–Crippen LogP) is 5.71. The number of para-hydroxylation sites is 1. The molecule has 0 N–H and O–H groups in total.